The van der Waals surface area contributed by atoms with Gasteiger partial charge in [0.25, 0.3) is 5.91 Å². The lowest BCUT2D eigenvalue weighted by atomic mass is 10.0. The summed E-state index contributed by atoms with van der Waals surface area (Å²) in [6.45, 7) is 2.07. The topological polar surface area (TPSA) is 117 Å². The van der Waals surface area contributed by atoms with E-state index in [4.69, 9.17) is 14.2 Å². The average molecular weight is 437 g/mol. The number of hydrogen-bond donors (Lipinski definition) is 2. The van der Waals surface area contributed by atoms with Crippen molar-refractivity contribution < 1.29 is 23.8 Å². The van der Waals surface area contributed by atoms with Crippen LogP contribution in [0, 0.1) is 0 Å². The third-order valence-electron chi connectivity index (χ3n) is 4.86. The third-order valence-corrected chi connectivity index (χ3v) is 4.86. The fourth-order valence-corrected chi connectivity index (χ4v) is 3.43. The largest absolute Gasteiger partial charge is 0.497 e. The molecule has 10 nitrogen and oxygen atoms in total. The van der Waals surface area contributed by atoms with Gasteiger partial charge in [-0.25, -0.2) is 4.68 Å². The second-order valence-electron chi connectivity index (χ2n) is 7.00. The average Bonchev–Trinajstić information content (AvgIpc) is 3.26. The van der Waals surface area contributed by atoms with Crippen molar-refractivity contribution in [1.29, 1.82) is 0 Å². The van der Waals surface area contributed by atoms with Crippen LogP contribution in [0.1, 0.15) is 24.9 Å². The first-order chi connectivity index (χ1) is 15.6. The molecule has 0 spiro atoms. The number of benzene rings is 2. The smallest absolute Gasteiger partial charge is 0.262 e. The molecular weight excluding hydrogens is 414 g/mol. The minimum Gasteiger partial charge on any atom is -0.497 e. The molecule has 0 fully saturated rings. The van der Waals surface area contributed by atoms with E-state index in [0.29, 0.717) is 35.5 Å². The first-order valence-electron chi connectivity index (χ1n) is 10.1. The lowest BCUT2D eigenvalue weighted by Gasteiger charge is -2.24. The number of ether oxygens (including phenoxy) is 3. The highest BCUT2D eigenvalue weighted by atomic mass is 16.5. The number of nitrogens with one attached hydrogen (secondary N) is 2. The van der Waals surface area contributed by atoms with Crippen molar-refractivity contribution in [3.05, 3.63) is 54.4 Å². The van der Waals surface area contributed by atoms with Crippen LogP contribution in [0.3, 0.4) is 0 Å². The SMILES string of the molecule is CCOc1cc([C@H]2CC(=O)Nc3ncnn32)ccc1OCC(=O)Nc1cccc(OC)c1. The first-order valence-corrected chi connectivity index (χ1v) is 10.1. The van der Waals surface area contributed by atoms with Crippen molar-refractivity contribution in [1.82, 2.24) is 14.8 Å². The quantitative estimate of drug-likeness (QED) is 0.556. The van der Waals surface area contributed by atoms with Crippen LogP contribution in [-0.4, -0.2) is 46.9 Å². The van der Waals surface area contributed by atoms with Crippen LogP contribution in [-0.2, 0) is 9.59 Å². The van der Waals surface area contributed by atoms with E-state index in [1.807, 2.05) is 13.0 Å². The predicted octanol–water partition coefficient (Wildman–Crippen LogP) is 2.63. The Bertz CT molecular complexity index is 1130. The van der Waals surface area contributed by atoms with Gasteiger partial charge in [0.1, 0.15) is 12.1 Å². The van der Waals surface area contributed by atoms with Crippen LogP contribution >= 0.6 is 0 Å². The van der Waals surface area contributed by atoms with E-state index < -0.39 is 0 Å². The number of amides is 2. The zero-order chi connectivity index (χ0) is 22.5. The summed E-state index contributed by atoms with van der Waals surface area (Å²) in [7, 11) is 1.56. The van der Waals surface area contributed by atoms with Crippen LogP contribution in [0.4, 0.5) is 11.6 Å². The number of aromatic nitrogens is 3. The lowest BCUT2D eigenvalue weighted by molar-refractivity contribution is -0.118. The third kappa shape index (κ3) is 4.64. The molecule has 3 aromatic rings. The molecular formula is C22H23N5O5. The zero-order valence-corrected chi connectivity index (χ0v) is 17.7. The highest BCUT2D eigenvalue weighted by molar-refractivity contribution is 5.92. The Labute approximate surface area is 184 Å². The number of methoxy groups -OCH3 is 1. The monoisotopic (exact) mass is 437 g/mol. The van der Waals surface area contributed by atoms with Gasteiger partial charge < -0.3 is 19.5 Å². The number of anilines is 2. The van der Waals surface area contributed by atoms with Gasteiger partial charge in [-0.15, -0.1) is 0 Å². The van der Waals surface area contributed by atoms with E-state index in [1.165, 1.54) is 6.33 Å². The Hall–Kier alpha value is -4.08. The van der Waals surface area contributed by atoms with E-state index in [9.17, 15) is 9.59 Å². The molecule has 0 radical (unpaired) electrons. The normalized spacial score (nSPS) is 14.8. The van der Waals surface area contributed by atoms with Gasteiger partial charge in [-0.05, 0) is 36.8 Å². The molecule has 1 aliphatic rings. The second-order valence-corrected chi connectivity index (χ2v) is 7.00. The summed E-state index contributed by atoms with van der Waals surface area (Å²) < 4.78 is 18.3. The highest BCUT2D eigenvalue weighted by Crippen LogP contribution is 2.35. The Morgan fingerprint density at radius 2 is 2.09 bits per heavy atom. The fraction of sp³-hybridized carbons (Fsp3) is 0.273. The molecule has 0 saturated carbocycles. The molecule has 1 atom stereocenters. The second kappa shape index (κ2) is 9.38. The van der Waals surface area contributed by atoms with Crippen molar-refractivity contribution in [2.45, 2.75) is 19.4 Å². The maximum absolute atomic E-state index is 12.3. The van der Waals surface area contributed by atoms with E-state index in [0.717, 1.165) is 5.56 Å². The maximum Gasteiger partial charge on any atom is 0.262 e. The molecule has 0 bridgehead atoms. The zero-order valence-electron chi connectivity index (χ0n) is 17.7. The van der Waals surface area contributed by atoms with Crippen LogP contribution in [0.25, 0.3) is 0 Å². The summed E-state index contributed by atoms with van der Waals surface area (Å²) in [6, 6.07) is 12.1. The Morgan fingerprint density at radius 1 is 1.22 bits per heavy atom. The fourth-order valence-electron chi connectivity index (χ4n) is 3.43. The molecule has 10 heteroatoms. The van der Waals surface area contributed by atoms with Gasteiger partial charge in [-0.3, -0.25) is 14.9 Å². The first kappa shape index (κ1) is 21.2. The van der Waals surface area contributed by atoms with E-state index >= 15 is 0 Å². The minimum atomic E-state index is -0.319. The molecule has 2 amide bonds. The van der Waals surface area contributed by atoms with Gasteiger partial charge in [0.15, 0.2) is 18.1 Å². The van der Waals surface area contributed by atoms with Crippen LogP contribution in [0.15, 0.2) is 48.8 Å². The van der Waals surface area contributed by atoms with E-state index in [-0.39, 0.29) is 30.9 Å². The van der Waals surface area contributed by atoms with Crippen molar-refractivity contribution in [3.8, 4) is 17.2 Å². The molecule has 1 aliphatic heterocycles. The number of carbonyl (C=O) groups is 2. The molecule has 2 heterocycles. The van der Waals surface area contributed by atoms with Crippen molar-refractivity contribution in [2.75, 3.05) is 31.0 Å². The summed E-state index contributed by atoms with van der Waals surface area (Å²) in [5.74, 6) is 1.50. The summed E-state index contributed by atoms with van der Waals surface area (Å²) in [4.78, 5) is 28.4. The molecule has 0 aliphatic carbocycles. The maximum atomic E-state index is 12.3. The molecule has 2 aromatic carbocycles. The molecule has 4 rings (SSSR count). The van der Waals surface area contributed by atoms with Crippen LogP contribution in [0.2, 0.25) is 0 Å². The van der Waals surface area contributed by atoms with Gasteiger partial charge in [-0.2, -0.15) is 10.1 Å². The molecule has 2 N–H and O–H groups in total. The van der Waals surface area contributed by atoms with Crippen LogP contribution < -0.4 is 24.8 Å². The Kier molecular flexibility index (Phi) is 6.20. The minimum absolute atomic E-state index is 0.136. The molecule has 0 saturated heterocycles. The summed E-state index contributed by atoms with van der Waals surface area (Å²) in [6.07, 6.45) is 1.63. The van der Waals surface area contributed by atoms with Gasteiger partial charge in [-0.1, -0.05) is 12.1 Å². The number of hydrogen-bond acceptors (Lipinski definition) is 7. The summed E-state index contributed by atoms with van der Waals surface area (Å²) in [5.41, 5.74) is 1.43. The molecule has 32 heavy (non-hydrogen) atoms. The Morgan fingerprint density at radius 3 is 2.91 bits per heavy atom. The Balaban J connectivity index is 1.48. The number of carbonyl (C=O) groups excluding carboxylic acids is 2. The number of nitrogens with zero attached hydrogens (tertiary/aromatic N) is 3. The van der Waals surface area contributed by atoms with Gasteiger partial charge in [0.05, 0.1) is 26.2 Å². The standard InChI is InChI=1S/C22H23N5O5/c1-3-31-19-9-14(17-11-20(28)26-22-23-13-24-27(17)22)7-8-18(19)32-12-21(29)25-15-5-4-6-16(10-15)30-2/h4-10,13,17H,3,11-12H2,1-2H3,(H,25,29)(H,23,24,26,28)/t17-/m1/s1. The summed E-state index contributed by atoms with van der Waals surface area (Å²) >= 11 is 0. The lowest BCUT2D eigenvalue weighted by Crippen LogP contribution is -2.29. The predicted molar refractivity (Wildman–Crippen MR) is 116 cm³/mol. The van der Waals surface area contributed by atoms with Crippen molar-refractivity contribution in [3.63, 3.8) is 0 Å². The number of fused-ring (bicyclic) bond motifs is 1. The van der Waals surface area contributed by atoms with E-state index in [1.54, 1.807) is 48.2 Å². The molecule has 0 unspecified atom stereocenters. The van der Waals surface area contributed by atoms with Crippen molar-refractivity contribution >= 4 is 23.5 Å². The molecule has 166 valence electrons. The highest BCUT2D eigenvalue weighted by Gasteiger charge is 2.28. The summed E-state index contributed by atoms with van der Waals surface area (Å²) in [5, 5.41) is 9.68. The molecule has 1 aromatic heterocycles. The van der Waals surface area contributed by atoms with Gasteiger partial charge in [0.2, 0.25) is 11.9 Å². The van der Waals surface area contributed by atoms with Crippen LogP contribution in [0.5, 0.6) is 17.2 Å². The van der Waals surface area contributed by atoms with Gasteiger partial charge >= 0.3 is 0 Å². The van der Waals surface area contributed by atoms with E-state index in [2.05, 4.69) is 20.7 Å². The number of rotatable bonds is 8. The van der Waals surface area contributed by atoms with Crippen molar-refractivity contribution in [2.24, 2.45) is 0 Å². The van der Waals surface area contributed by atoms with Gasteiger partial charge in [0, 0.05) is 11.8 Å².